The van der Waals surface area contributed by atoms with Crippen LogP contribution in [0.25, 0.3) is 10.2 Å². The average molecular weight is 470 g/mol. The number of nitrogens with zero attached hydrogens (tertiary/aromatic N) is 3. The molecule has 0 aliphatic carbocycles. The number of fused-ring (bicyclic) bond motifs is 1. The standard InChI is InChI=1S/C23H20ClN3O4S/c24-17-4-1-5-18-21(17)25-23(32-18)26(13-16-3-2-12-31-16)22(30)14-6-8-15(9-7-14)27-19(28)10-11-20(27)29/h1,4-9,16H,2-3,10-13H2. The quantitative estimate of drug-likeness (QED) is 0.516. The summed E-state index contributed by atoms with van der Waals surface area (Å²) in [4.78, 5) is 45.0. The molecule has 3 aromatic rings. The molecule has 164 valence electrons. The zero-order valence-corrected chi connectivity index (χ0v) is 18.7. The maximum absolute atomic E-state index is 13.5. The molecule has 0 N–H and O–H groups in total. The van der Waals surface area contributed by atoms with Gasteiger partial charge in [-0.3, -0.25) is 24.2 Å². The van der Waals surface area contributed by atoms with Gasteiger partial charge >= 0.3 is 0 Å². The summed E-state index contributed by atoms with van der Waals surface area (Å²) < 4.78 is 6.68. The molecule has 1 atom stereocenters. The Morgan fingerprint density at radius 2 is 1.91 bits per heavy atom. The first-order valence-corrected chi connectivity index (χ1v) is 11.6. The van der Waals surface area contributed by atoms with Gasteiger partial charge in [-0.25, -0.2) is 4.98 Å². The molecule has 0 bridgehead atoms. The summed E-state index contributed by atoms with van der Waals surface area (Å²) in [6.07, 6.45) is 2.22. The van der Waals surface area contributed by atoms with Crippen LogP contribution in [0.3, 0.4) is 0 Å². The van der Waals surface area contributed by atoms with Crippen LogP contribution in [0.4, 0.5) is 10.8 Å². The number of rotatable bonds is 5. The van der Waals surface area contributed by atoms with Crippen LogP contribution in [0.15, 0.2) is 42.5 Å². The Bertz CT molecular complexity index is 1190. The molecular weight excluding hydrogens is 450 g/mol. The number of halogens is 1. The third-order valence-corrected chi connectivity index (χ3v) is 7.02. The van der Waals surface area contributed by atoms with Gasteiger partial charge in [0.05, 0.1) is 28.1 Å². The summed E-state index contributed by atoms with van der Waals surface area (Å²) in [5, 5.41) is 1.10. The van der Waals surface area contributed by atoms with Gasteiger partial charge in [0.2, 0.25) is 11.8 Å². The summed E-state index contributed by atoms with van der Waals surface area (Å²) in [6, 6.07) is 12.1. The number of amides is 3. The van der Waals surface area contributed by atoms with E-state index in [1.165, 1.54) is 16.2 Å². The third kappa shape index (κ3) is 3.90. The van der Waals surface area contributed by atoms with E-state index in [1.807, 2.05) is 12.1 Å². The lowest BCUT2D eigenvalue weighted by molar-refractivity contribution is -0.121. The molecule has 2 aliphatic rings. The SMILES string of the molecule is O=C(c1ccc(N2C(=O)CCC2=O)cc1)N(CC1CCCO1)c1nc2c(Cl)cccc2s1. The van der Waals surface area contributed by atoms with Gasteiger partial charge in [-0.05, 0) is 49.2 Å². The first-order chi connectivity index (χ1) is 15.5. The van der Waals surface area contributed by atoms with Gasteiger partial charge in [0.25, 0.3) is 5.91 Å². The number of imide groups is 1. The second-order valence-corrected chi connectivity index (χ2v) is 9.22. The minimum absolute atomic E-state index is 0.0550. The highest BCUT2D eigenvalue weighted by molar-refractivity contribution is 7.22. The monoisotopic (exact) mass is 469 g/mol. The first kappa shape index (κ1) is 21.1. The summed E-state index contributed by atoms with van der Waals surface area (Å²) in [6.45, 7) is 1.08. The van der Waals surface area contributed by atoms with E-state index in [2.05, 4.69) is 4.98 Å². The van der Waals surface area contributed by atoms with Crippen molar-refractivity contribution in [3.05, 3.63) is 53.1 Å². The van der Waals surface area contributed by atoms with Gasteiger partial charge in [0.15, 0.2) is 5.13 Å². The predicted octanol–water partition coefficient (Wildman–Crippen LogP) is 4.43. The van der Waals surface area contributed by atoms with Crippen LogP contribution in [0.5, 0.6) is 0 Å². The molecule has 0 radical (unpaired) electrons. The third-order valence-electron chi connectivity index (χ3n) is 5.67. The largest absolute Gasteiger partial charge is 0.376 e. The van der Waals surface area contributed by atoms with Crippen LogP contribution in [-0.2, 0) is 14.3 Å². The molecule has 0 spiro atoms. The molecule has 3 amide bonds. The van der Waals surface area contributed by atoms with Gasteiger partial charge in [0.1, 0.15) is 5.52 Å². The van der Waals surface area contributed by atoms with E-state index >= 15 is 0 Å². The highest BCUT2D eigenvalue weighted by atomic mass is 35.5. The van der Waals surface area contributed by atoms with Crippen molar-refractivity contribution in [2.45, 2.75) is 31.8 Å². The van der Waals surface area contributed by atoms with Gasteiger partial charge < -0.3 is 4.74 Å². The lowest BCUT2D eigenvalue weighted by atomic mass is 10.1. The predicted molar refractivity (Wildman–Crippen MR) is 123 cm³/mol. The summed E-state index contributed by atoms with van der Waals surface area (Å²) in [5.41, 5.74) is 1.59. The average Bonchev–Trinajstić information content (AvgIpc) is 3.53. The molecule has 2 saturated heterocycles. The number of benzene rings is 2. The summed E-state index contributed by atoms with van der Waals surface area (Å²) in [5.74, 6) is -0.665. The number of hydrogen-bond donors (Lipinski definition) is 0. The number of para-hydroxylation sites is 1. The van der Waals surface area contributed by atoms with Gasteiger partial charge in [-0.2, -0.15) is 0 Å². The number of carbonyl (C=O) groups is 3. The minimum atomic E-state index is -0.222. The number of ether oxygens (including phenoxy) is 1. The fourth-order valence-corrected chi connectivity index (χ4v) is 5.30. The molecule has 32 heavy (non-hydrogen) atoms. The topological polar surface area (TPSA) is 79.8 Å². The van der Waals surface area contributed by atoms with Gasteiger partial charge in [-0.15, -0.1) is 0 Å². The highest BCUT2D eigenvalue weighted by Crippen LogP contribution is 2.34. The second kappa shape index (κ2) is 8.61. The van der Waals surface area contributed by atoms with Crippen LogP contribution in [0.2, 0.25) is 5.02 Å². The Balaban J connectivity index is 1.46. The smallest absolute Gasteiger partial charge is 0.260 e. The molecule has 2 aliphatic heterocycles. The number of carbonyl (C=O) groups excluding carboxylic acids is 3. The van der Waals surface area contributed by atoms with E-state index in [9.17, 15) is 14.4 Å². The molecule has 1 aromatic heterocycles. The molecule has 2 aromatic carbocycles. The molecule has 7 nitrogen and oxygen atoms in total. The van der Waals surface area contributed by atoms with Crippen LogP contribution < -0.4 is 9.80 Å². The lowest BCUT2D eigenvalue weighted by Gasteiger charge is -2.23. The maximum atomic E-state index is 13.5. The Morgan fingerprint density at radius 1 is 1.16 bits per heavy atom. The van der Waals surface area contributed by atoms with Crippen molar-refractivity contribution >= 4 is 61.7 Å². The van der Waals surface area contributed by atoms with Crippen molar-refractivity contribution in [3.8, 4) is 0 Å². The van der Waals surface area contributed by atoms with E-state index in [0.717, 1.165) is 17.5 Å². The van der Waals surface area contributed by atoms with Crippen LogP contribution in [0.1, 0.15) is 36.0 Å². The summed E-state index contributed by atoms with van der Waals surface area (Å²) in [7, 11) is 0. The van der Waals surface area contributed by atoms with Crippen LogP contribution in [-0.4, -0.2) is 42.0 Å². The fourth-order valence-electron chi connectivity index (χ4n) is 4.03. The maximum Gasteiger partial charge on any atom is 0.260 e. The lowest BCUT2D eigenvalue weighted by Crippen LogP contribution is -2.37. The Morgan fingerprint density at radius 3 is 2.56 bits per heavy atom. The number of thiazole rings is 1. The highest BCUT2D eigenvalue weighted by Gasteiger charge is 2.31. The van der Waals surface area contributed by atoms with Gasteiger partial charge in [-0.1, -0.05) is 29.0 Å². The van der Waals surface area contributed by atoms with E-state index in [-0.39, 0.29) is 36.7 Å². The van der Waals surface area contributed by atoms with Crippen molar-refractivity contribution in [1.82, 2.24) is 4.98 Å². The minimum Gasteiger partial charge on any atom is -0.376 e. The van der Waals surface area contributed by atoms with Crippen molar-refractivity contribution < 1.29 is 19.1 Å². The number of hydrogen-bond acceptors (Lipinski definition) is 6. The first-order valence-electron chi connectivity index (χ1n) is 10.5. The number of aromatic nitrogens is 1. The molecule has 5 rings (SSSR count). The Kier molecular flexibility index (Phi) is 5.67. The van der Waals surface area contributed by atoms with Crippen LogP contribution in [0, 0.1) is 0 Å². The molecule has 3 heterocycles. The summed E-state index contributed by atoms with van der Waals surface area (Å²) >= 11 is 7.71. The normalized spacial score (nSPS) is 18.7. The molecular formula is C23H20ClN3O4S. The van der Waals surface area contributed by atoms with E-state index in [4.69, 9.17) is 16.3 Å². The van der Waals surface area contributed by atoms with Gasteiger partial charge in [0, 0.05) is 25.0 Å². The zero-order chi connectivity index (χ0) is 22.2. The van der Waals surface area contributed by atoms with E-state index in [0.29, 0.717) is 40.1 Å². The molecule has 0 saturated carbocycles. The zero-order valence-electron chi connectivity index (χ0n) is 17.1. The van der Waals surface area contributed by atoms with Crippen molar-refractivity contribution in [2.24, 2.45) is 0 Å². The second-order valence-electron chi connectivity index (χ2n) is 7.80. The fraction of sp³-hybridized carbons (Fsp3) is 0.304. The van der Waals surface area contributed by atoms with Crippen molar-refractivity contribution in [2.75, 3.05) is 23.0 Å². The molecule has 1 unspecified atom stereocenters. The van der Waals surface area contributed by atoms with Crippen molar-refractivity contribution in [3.63, 3.8) is 0 Å². The Labute approximate surface area is 193 Å². The number of anilines is 2. The molecule has 2 fully saturated rings. The molecule has 9 heteroatoms. The van der Waals surface area contributed by atoms with E-state index in [1.54, 1.807) is 35.2 Å². The van der Waals surface area contributed by atoms with Crippen molar-refractivity contribution in [1.29, 1.82) is 0 Å². The Hall–Kier alpha value is -2.81. The van der Waals surface area contributed by atoms with E-state index < -0.39 is 0 Å². The van der Waals surface area contributed by atoms with Crippen LogP contribution >= 0.6 is 22.9 Å².